The van der Waals surface area contributed by atoms with Gasteiger partial charge in [0.15, 0.2) is 0 Å². The average molecular weight is 233 g/mol. The lowest BCUT2D eigenvalue weighted by atomic mass is 9.96. The Kier molecular flexibility index (Phi) is 3.85. The number of benzene rings is 1. The van der Waals surface area contributed by atoms with E-state index in [2.05, 4.69) is 10.6 Å². The first-order valence-electron chi connectivity index (χ1n) is 6.17. The number of nitrogens with two attached hydrogens (primary N) is 1. The molecule has 17 heavy (non-hydrogen) atoms. The molecule has 0 aliphatic heterocycles. The third-order valence-electron chi connectivity index (χ3n) is 3.08. The predicted molar refractivity (Wildman–Crippen MR) is 69.9 cm³/mol. The van der Waals surface area contributed by atoms with Crippen molar-refractivity contribution in [1.29, 1.82) is 0 Å². The van der Waals surface area contributed by atoms with Crippen molar-refractivity contribution in [1.82, 2.24) is 5.32 Å². The summed E-state index contributed by atoms with van der Waals surface area (Å²) in [6.07, 6.45) is 5.89. The molecule has 0 bridgehead atoms. The van der Waals surface area contributed by atoms with E-state index < -0.39 is 0 Å². The number of nitrogen functional groups attached to an aromatic ring is 1. The quantitative estimate of drug-likeness (QED) is 0.687. The molecule has 2 amide bonds. The largest absolute Gasteiger partial charge is 0.399 e. The lowest BCUT2D eigenvalue weighted by molar-refractivity contribution is 0.244. The molecule has 0 saturated heterocycles. The minimum Gasteiger partial charge on any atom is -0.399 e. The summed E-state index contributed by atoms with van der Waals surface area (Å²) in [4.78, 5) is 11.7. The summed E-state index contributed by atoms with van der Waals surface area (Å²) in [6, 6.07) is 7.39. The fourth-order valence-electron chi connectivity index (χ4n) is 2.22. The maximum atomic E-state index is 11.7. The van der Waals surface area contributed by atoms with Crippen LogP contribution in [-0.4, -0.2) is 12.1 Å². The molecule has 1 aliphatic rings. The highest BCUT2D eigenvalue weighted by Crippen LogP contribution is 2.17. The monoisotopic (exact) mass is 233 g/mol. The van der Waals surface area contributed by atoms with Gasteiger partial charge in [-0.2, -0.15) is 0 Å². The summed E-state index contributed by atoms with van der Waals surface area (Å²) in [5, 5.41) is 5.80. The molecule has 0 aromatic heterocycles. The number of carbonyl (C=O) groups is 1. The van der Waals surface area contributed by atoms with Gasteiger partial charge in [0.2, 0.25) is 0 Å². The van der Waals surface area contributed by atoms with E-state index in [4.69, 9.17) is 5.73 Å². The molecule has 1 aliphatic carbocycles. The lowest BCUT2D eigenvalue weighted by Gasteiger charge is -2.22. The molecule has 4 heteroatoms. The number of nitrogens with one attached hydrogen (secondary N) is 2. The van der Waals surface area contributed by atoms with Crippen LogP contribution < -0.4 is 16.4 Å². The van der Waals surface area contributed by atoms with Crippen LogP contribution in [0.25, 0.3) is 0 Å². The Morgan fingerprint density at radius 1 is 1.24 bits per heavy atom. The number of amides is 2. The van der Waals surface area contributed by atoms with Crippen LogP contribution in [-0.2, 0) is 0 Å². The van der Waals surface area contributed by atoms with E-state index in [1.807, 2.05) is 12.1 Å². The molecule has 4 N–H and O–H groups in total. The second kappa shape index (κ2) is 5.57. The number of anilines is 2. The fraction of sp³-hybridized carbons (Fsp3) is 0.462. The van der Waals surface area contributed by atoms with E-state index in [-0.39, 0.29) is 6.03 Å². The maximum absolute atomic E-state index is 11.7. The minimum atomic E-state index is -0.137. The second-order valence-corrected chi connectivity index (χ2v) is 4.56. The second-order valence-electron chi connectivity index (χ2n) is 4.56. The van der Waals surface area contributed by atoms with Crippen LogP contribution in [0, 0.1) is 0 Å². The van der Waals surface area contributed by atoms with Gasteiger partial charge in [0.1, 0.15) is 0 Å². The van der Waals surface area contributed by atoms with Gasteiger partial charge in [-0.3, -0.25) is 0 Å². The van der Waals surface area contributed by atoms with Gasteiger partial charge >= 0.3 is 6.03 Å². The van der Waals surface area contributed by atoms with Gasteiger partial charge in [-0.1, -0.05) is 25.3 Å². The Bertz CT molecular complexity index is 386. The number of rotatable bonds is 2. The highest BCUT2D eigenvalue weighted by molar-refractivity contribution is 5.89. The van der Waals surface area contributed by atoms with Crippen LogP contribution in [0.2, 0.25) is 0 Å². The number of hydrogen-bond donors (Lipinski definition) is 3. The molecular formula is C13H19N3O. The van der Waals surface area contributed by atoms with Gasteiger partial charge in [-0.25, -0.2) is 4.79 Å². The standard InChI is InChI=1S/C13H19N3O/c14-10-5-4-8-12(9-10)16-13(17)15-11-6-2-1-3-7-11/h4-5,8-9,11H,1-3,6-7,14H2,(H2,15,16,17). The van der Waals surface area contributed by atoms with Crippen molar-refractivity contribution in [3.8, 4) is 0 Å². The normalized spacial score (nSPS) is 16.5. The molecule has 1 aromatic rings. The van der Waals surface area contributed by atoms with E-state index >= 15 is 0 Å². The van der Waals surface area contributed by atoms with Crippen molar-refractivity contribution >= 4 is 17.4 Å². The SMILES string of the molecule is Nc1cccc(NC(=O)NC2CCCCC2)c1. The number of urea groups is 1. The molecule has 1 saturated carbocycles. The molecule has 2 rings (SSSR count). The molecule has 0 radical (unpaired) electrons. The zero-order valence-corrected chi connectivity index (χ0v) is 9.91. The molecule has 0 heterocycles. The summed E-state index contributed by atoms with van der Waals surface area (Å²) in [5.74, 6) is 0. The van der Waals surface area contributed by atoms with Crippen molar-refractivity contribution in [2.75, 3.05) is 11.1 Å². The first-order chi connectivity index (χ1) is 8.24. The molecule has 0 unspecified atom stereocenters. The Morgan fingerprint density at radius 3 is 2.71 bits per heavy atom. The van der Waals surface area contributed by atoms with Crippen molar-refractivity contribution in [2.45, 2.75) is 38.1 Å². The molecule has 1 fully saturated rings. The van der Waals surface area contributed by atoms with E-state index in [0.717, 1.165) is 18.5 Å². The van der Waals surface area contributed by atoms with Crippen molar-refractivity contribution in [3.05, 3.63) is 24.3 Å². The van der Waals surface area contributed by atoms with Crippen LogP contribution in [0.3, 0.4) is 0 Å². The average Bonchev–Trinajstić information content (AvgIpc) is 2.30. The van der Waals surface area contributed by atoms with Crippen LogP contribution in [0.5, 0.6) is 0 Å². The van der Waals surface area contributed by atoms with Crippen LogP contribution in [0.15, 0.2) is 24.3 Å². The van der Waals surface area contributed by atoms with Gasteiger partial charge in [0.05, 0.1) is 0 Å². The van der Waals surface area contributed by atoms with Gasteiger partial charge in [0.25, 0.3) is 0 Å². The number of hydrogen-bond acceptors (Lipinski definition) is 2. The summed E-state index contributed by atoms with van der Waals surface area (Å²) in [6.45, 7) is 0. The van der Waals surface area contributed by atoms with E-state index in [1.165, 1.54) is 19.3 Å². The molecule has 0 atom stereocenters. The summed E-state index contributed by atoms with van der Waals surface area (Å²) >= 11 is 0. The molecular weight excluding hydrogens is 214 g/mol. The zero-order chi connectivity index (χ0) is 12.1. The number of carbonyl (C=O) groups excluding carboxylic acids is 1. The Labute approximate surface area is 102 Å². The molecule has 0 spiro atoms. The third kappa shape index (κ3) is 3.66. The van der Waals surface area contributed by atoms with E-state index in [9.17, 15) is 4.79 Å². The maximum Gasteiger partial charge on any atom is 0.319 e. The van der Waals surface area contributed by atoms with Gasteiger partial charge in [0, 0.05) is 17.4 Å². The van der Waals surface area contributed by atoms with E-state index in [0.29, 0.717) is 11.7 Å². The first-order valence-corrected chi connectivity index (χ1v) is 6.17. The first kappa shape index (κ1) is 11.8. The topological polar surface area (TPSA) is 67.1 Å². The van der Waals surface area contributed by atoms with Crippen LogP contribution in [0.1, 0.15) is 32.1 Å². The Hall–Kier alpha value is -1.71. The Balaban J connectivity index is 1.84. The van der Waals surface area contributed by atoms with E-state index in [1.54, 1.807) is 12.1 Å². The molecule has 1 aromatic carbocycles. The van der Waals surface area contributed by atoms with Crippen molar-refractivity contribution < 1.29 is 4.79 Å². The predicted octanol–water partition coefficient (Wildman–Crippen LogP) is 2.72. The summed E-state index contributed by atoms with van der Waals surface area (Å²) in [5.41, 5.74) is 7.03. The molecule has 4 nitrogen and oxygen atoms in total. The lowest BCUT2D eigenvalue weighted by Crippen LogP contribution is -2.39. The smallest absolute Gasteiger partial charge is 0.319 e. The highest BCUT2D eigenvalue weighted by Gasteiger charge is 2.15. The van der Waals surface area contributed by atoms with Crippen LogP contribution in [0.4, 0.5) is 16.2 Å². The Morgan fingerprint density at radius 2 is 2.00 bits per heavy atom. The van der Waals surface area contributed by atoms with Gasteiger partial charge in [-0.05, 0) is 31.0 Å². The van der Waals surface area contributed by atoms with Crippen molar-refractivity contribution in [3.63, 3.8) is 0 Å². The van der Waals surface area contributed by atoms with Crippen molar-refractivity contribution in [2.24, 2.45) is 0 Å². The van der Waals surface area contributed by atoms with Crippen LogP contribution >= 0.6 is 0 Å². The minimum absolute atomic E-state index is 0.137. The highest BCUT2D eigenvalue weighted by atomic mass is 16.2. The van der Waals surface area contributed by atoms with Gasteiger partial charge in [-0.15, -0.1) is 0 Å². The van der Waals surface area contributed by atoms with Gasteiger partial charge < -0.3 is 16.4 Å². The molecule has 92 valence electrons. The summed E-state index contributed by atoms with van der Waals surface area (Å²) < 4.78 is 0. The third-order valence-corrected chi connectivity index (χ3v) is 3.08. The zero-order valence-electron chi connectivity index (χ0n) is 9.91. The fourth-order valence-corrected chi connectivity index (χ4v) is 2.22. The summed E-state index contributed by atoms with van der Waals surface area (Å²) in [7, 11) is 0.